The monoisotopic (exact) mass is 326 g/mol. The zero-order valence-corrected chi connectivity index (χ0v) is 13.1. The zero-order valence-electron chi connectivity index (χ0n) is 10.7. The maximum atomic E-state index is 12.1. The molecule has 2 atom stereocenters. The van der Waals surface area contributed by atoms with Gasteiger partial charge in [0.25, 0.3) is 10.0 Å². The Bertz CT molecular complexity index is 543. The third kappa shape index (κ3) is 4.13. The van der Waals surface area contributed by atoms with E-state index in [1.54, 1.807) is 6.92 Å². The molecule has 0 fully saturated rings. The van der Waals surface area contributed by atoms with Crippen LogP contribution in [0, 0.1) is 5.92 Å². The summed E-state index contributed by atoms with van der Waals surface area (Å²) >= 11 is 6.43. The Hall–Kier alpha value is -0.700. The molecule has 19 heavy (non-hydrogen) atoms. The first-order valence-electron chi connectivity index (χ1n) is 5.53. The van der Waals surface area contributed by atoms with E-state index in [1.165, 1.54) is 7.11 Å². The predicted molar refractivity (Wildman–Crippen MR) is 72.7 cm³/mol. The van der Waals surface area contributed by atoms with Gasteiger partial charge in [-0.05, 0) is 5.92 Å². The number of carbonyl (C=O) groups is 1. The Morgan fingerprint density at radius 2 is 2.26 bits per heavy atom. The number of aromatic nitrogens is 1. The lowest BCUT2D eigenvalue weighted by Gasteiger charge is -2.21. The molecule has 0 amide bonds. The molecule has 2 unspecified atom stereocenters. The van der Waals surface area contributed by atoms with E-state index in [9.17, 15) is 13.2 Å². The van der Waals surface area contributed by atoms with Crippen molar-refractivity contribution in [3.05, 3.63) is 10.7 Å². The molecule has 9 heteroatoms. The quantitative estimate of drug-likeness (QED) is 0.804. The van der Waals surface area contributed by atoms with Crippen molar-refractivity contribution in [3.8, 4) is 0 Å². The van der Waals surface area contributed by atoms with Crippen molar-refractivity contribution in [1.29, 1.82) is 0 Å². The maximum Gasteiger partial charge on any atom is 0.324 e. The lowest BCUT2D eigenvalue weighted by molar-refractivity contribution is -0.143. The van der Waals surface area contributed by atoms with E-state index in [2.05, 4.69) is 14.4 Å². The van der Waals surface area contributed by atoms with Gasteiger partial charge < -0.3 is 4.74 Å². The standard InChI is InChI=1S/C10H15ClN2O4S2/c1-4-6(2)8(9(14)17-3)13-19(15,16)7-5-12-10(11)18-7/h5-6,8,13H,4H2,1-3H3. The topological polar surface area (TPSA) is 85.4 Å². The largest absolute Gasteiger partial charge is 0.468 e. The van der Waals surface area contributed by atoms with E-state index < -0.39 is 22.0 Å². The second-order valence-corrected chi connectivity index (χ2v) is 7.49. The molecule has 1 N–H and O–H groups in total. The SMILES string of the molecule is CCC(C)C(NS(=O)(=O)c1cnc(Cl)s1)C(=O)OC. The van der Waals surface area contributed by atoms with Crippen LogP contribution in [0.5, 0.6) is 0 Å². The average molecular weight is 327 g/mol. The molecule has 1 heterocycles. The van der Waals surface area contributed by atoms with Gasteiger partial charge >= 0.3 is 5.97 Å². The second kappa shape index (κ2) is 6.65. The third-order valence-electron chi connectivity index (χ3n) is 2.67. The number of sulfonamides is 1. The van der Waals surface area contributed by atoms with Gasteiger partial charge in [-0.1, -0.05) is 43.2 Å². The number of thiazole rings is 1. The van der Waals surface area contributed by atoms with Crippen LogP contribution in [0.25, 0.3) is 0 Å². The van der Waals surface area contributed by atoms with E-state index >= 15 is 0 Å². The number of nitrogens with zero attached hydrogens (tertiary/aromatic N) is 1. The Kier molecular flexibility index (Phi) is 5.72. The van der Waals surface area contributed by atoms with Crippen LogP contribution in [0.2, 0.25) is 4.47 Å². The zero-order chi connectivity index (χ0) is 14.6. The van der Waals surface area contributed by atoms with Crippen LogP contribution in [0.15, 0.2) is 10.4 Å². The highest BCUT2D eigenvalue weighted by Gasteiger charge is 2.31. The molecule has 6 nitrogen and oxygen atoms in total. The first-order chi connectivity index (χ1) is 8.81. The molecular formula is C10H15ClN2O4S2. The van der Waals surface area contributed by atoms with Crippen molar-refractivity contribution in [3.63, 3.8) is 0 Å². The molecule has 0 saturated heterocycles. The molecule has 0 aliphatic carbocycles. The smallest absolute Gasteiger partial charge is 0.324 e. The number of rotatable bonds is 6. The molecule has 1 aromatic rings. The Morgan fingerprint density at radius 1 is 1.63 bits per heavy atom. The Balaban J connectivity index is 2.98. The van der Waals surface area contributed by atoms with Crippen molar-refractivity contribution in [2.24, 2.45) is 5.92 Å². The molecule has 0 radical (unpaired) electrons. The number of hydrogen-bond donors (Lipinski definition) is 1. The summed E-state index contributed by atoms with van der Waals surface area (Å²) in [6.45, 7) is 3.63. The van der Waals surface area contributed by atoms with E-state index in [1.807, 2.05) is 6.92 Å². The van der Waals surface area contributed by atoms with Crippen molar-refractivity contribution < 1.29 is 17.9 Å². The van der Waals surface area contributed by atoms with Crippen LogP contribution < -0.4 is 4.72 Å². The fourth-order valence-corrected chi connectivity index (χ4v) is 3.95. The second-order valence-electron chi connectivity index (χ2n) is 3.94. The summed E-state index contributed by atoms with van der Waals surface area (Å²) in [7, 11) is -2.61. The summed E-state index contributed by atoms with van der Waals surface area (Å²) in [5.74, 6) is -0.806. The van der Waals surface area contributed by atoms with Crippen LogP contribution in [-0.2, 0) is 19.6 Å². The van der Waals surface area contributed by atoms with E-state index in [0.717, 1.165) is 17.5 Å². The number of halogens is 1. The fraction of sp³-hybridized carbons (Fsp3) is 0.600. The minimum Gasteiger partial charge on any atom is -0.468 e. The molecule has 0 bridgehead atoms. The number of nitrogens with one attached hydrogen (secondary N) is 1. The summed E-state index contributed by atoms with van der Waals surface area (Å²) in [5.41, 5.74) is 0. The van der Waals surface area contributed by atoms with E-state index in [0.29, 0.717) is 6.42 Å². The maximum absolute atomic E-state index is 12.1. The fourth-order valence-electron chi connectivity index (χ4n) is 1.35. The minimum absolute atomic E-state index is 0.0327. The van der Waals surface area contributed by atoms with Gasteiger partial charge in [0.2, 0.25) is 0 Å². The molecule has 108 valence electrons. The van der Waals surface area contributed by atoms with Crippen LogP contribution in [0.4, 0.5) is 0 Å². The summed E-state index contributed by atoms with van der Waals surface area (Å²) in [5, 5.41) is 0. The summed E-state index contributed by atoms with van der Waals surface area (Å²) in [6.07, 6.45) is 1.78. The lowest BCUT2D eigenvalue weighted by Crippen LogP contribution is -2.45. The first-order valence-corrected chi connectivity index (χ1v) is 8.21. The van der Waals surface area contributed by atoms with Crippen molar-refractivity contribution >= 4 is 38.9 Å². The number of carbonyl (C=O) groups excluding carboxylic acids is 1. The van der Waals surface area contributed by atoms with Gasteiger partial charge in [0.15, 0.2) is 8.68 Å². The highest BCUT2D eigenvalue weighted by molar-refractivity contribution is 7.91. The lowest BCUT2D eigenvalue weighted by atomic mass is 10.0. The normalized spacial score (nSPS) is 14.9. The van der Waals surface area contributed by atoms with Gasteiger partial charge in [0, 0.05) is 0 Å². The van der Waals surface area contributed by atoms with Crippen molar-refractivity contribution in [2.75, 3.05) is 7.11 Å². The summed E-state index contributed by atoms with van der Waals surface area (Å²) in [4.78, 5) is 15.3. The van der Waals surface area contributed by atoms with Crippen molar-refractivity contribution in [1.82, 2.24) is 9.71 Å². The number of hydrogen-bond acceptors (Lipinski definition) is 6. The third-order valence-corrected chi connectivity index (χ3v) is 5.69. The van der Waals surface area contributed by atoms with E-state index in [4.69, 9.17) is 11.6 Å². The molecule has 1 aromatic heterocycles. The molecule has 0 spiro atoms. The number of ether oxygens (including phenoxy) is 1. The van der Waals surface area contributed by atoms with Gasteiger partial charge in [-0.3, -0.25) is 4.79 Å². The van der Waals surface area contributed by atoms with Crippen LogP contribution >= 0.6 is 22.9 Å². The molecule has 0 aromatic carbocycles. The molecule has 0 saturated carbocycles. The molecule has 0 aliphatic rings. The first kappa shape index (κ1) is 16.4. The molecule has 0 aliphatic heterocycles. The molecular weight excluding hydrogens is 312 g/mol. The van der Waals surface area contributed by atoms with Crippen LogP contribution in [0.3, 0.4) is 0 Å². The molecule has 1 rings (SSSR count). The Morgan fingerprint density at radius 3 is 2.68 bits per heavy atom. The van der Waals surface area contributed by atoms with Gasteiger partial charge in [-0.25, -0.2) is 13.4 Å². The van der Waals surface area contributed by atoms with Crippen molar-refractivity contribution in [2.45, 2.75) is 30.5 Å². The van der Waals surface area contributed by atoms with Crippen LogP contribution in [-0.4, -0.2) is 32.5 Å². The summed E-state index contributed by atoms with van der Waals surface area (Å²) in [6, 6.07) is -0.930. The minimum atomic E-state index is -3.83. The Labute approximate surface area is 121 Å². The van der Waals surface area contributed by atoms with E-state index in [-0.39, 0.29) is 14.6 Å². The van der Waals surface area contributed by atoms with Gasteiger partial charge in [-0.15, -0.1) is 0 Å². The highest BCUT2D eigenvalue weighted by Crippen LogP contribution is 2.23. The van der Waals surface area contributed by atoms with Gasteiger partial charge in [0.1, 0.15) is 6.04 Å². The van der Waals surface area contributed by atoms with Gasteiger partial charge in [-0.2, -0.15) is 4.72 Å². The average Bonchev–Trinajstić information content (AvgIpc) is 2.81. The summed E-state index contributed by atoms with van der Waals surface area (Å²) < 4.78 is 31.2. The highest BCUT2D eigenvalue weighted by atomic mass is 35.5. The van der Waals surface area contributed by atoms with Crippen LogP contribution in [0.1, 0.15) is 20.3 Å². The number of methoxy groups -OCH3 is 1. The van der Waals surface area contributed by atoms with Gasteiger partial charge in [0.05, 0.1) is 13.3 Å². The number of esters is 1. The predicted octanol–water partition coefficient (Wildman–Crippen LogP) is 1.66.